The predicted octanol–water partition coefficient (Wildman–Crippen LogP) is 3.28. The van der Waals surface area contributed by atoms with Crippen LogP contribution in [0.25, 0.3) is 22.2 Å². The van der Waals surface area contributed by atoms with Gasteiger partial charge in [-0.15, -0.1) is 0 Å². The zero-order valence-electron chi connectivity index (χ0n) is 11.7. The van der Waals surface area contributed by atoms with Crippen molar-refractivity contribution in [3.05, 3.63) is 41.2 Å². The van der Waals surface area contributed by atoms with Crippen LogP contribution in [-0.2, 0) is 0 Å². The van der Waals surface area contributed by atoms with E-state index >= 15 is 0 Å². The molecule has 5 nitrogen and oxygen atoms in total. The number of nitrogens with one attached hydrogen (secondary N) is 1. The van der Waals surface area contributed by atoms with E-state index in [-0.39, 0.29) is 0 Å². The fourth-order valence-corrected chi connectivity index (χ4v) is 2.41. The zero-order chi connectivity index (χ0) is 15.0. The molecule has 106 valence electrons. The molecule has 0 aliphatic heterocycles. The zero-order valence-corrected chi connectivity index (χ0v) is 12.4. The fourth-order valence-electron chi connectivity index (χ4n) is 2.19. The SMILES string of the molecule is CNc1ncc2cc(-c3cc(N)ccc3Cl)c(C)nc2n1. The Morgan fingerprint density at radius 3 is 2.71 bits per heavy atom. The maximum atomic E-state index is 6.28. The Kier molecular flexibility index (Phi) is 3.35. The number of nitrogen functional groups attached to an aromatic ring is 1. The third-order valence-electron chi connectivity index (χ3n) is 3.26. The number of halogens is 1. The van der Waals surface area contributed by atoms with Crippen LogP contribution in [0.5, 0.6) is 0 Å². The summed E-state index contributed by atoms with van der Waals surface area (Å²) in [6.07, 6.45) is 1.74. The number of aromatic nitrogens is 3. The minimum Gasteiger partial charge on any atom is -0.399 e. The van der Waals surface area contributed by atoms with Gasteiger partial charge in [0.15, 0.2) is 5.65 Å². The molecule has 0 spiro atoms. The monoisotopic (exact) mass is 299 g/mol. The Bertz CT molecular complexity index is 832. The van der Waals surface area contributed by atoms with E-state index in [1.807, 2.05) is 19.1 Å². The third-order valence-corrected chi connectivity index (χ3v) is 3.59. The van der Waals surface area contributed by atoms with Crippen LogP contribution in [0.4, 0.5) is 11.6 Å². The molecular formula is C15H14ClN5. The van der Waals surface area contributed by atoms with E-state index in [0.29, 0.717) is 22.3 Å². The van der Waals surface area contributed by atoms with Gasteiger partial charge >= 0.3 is 0 Å². The first kappa shape index (κ1) is 13.6. The van der Waals surface area contributed by atoms with Crippen molar-refractivity contribution in [2.75, 3.05) is 18.1 Å². The molecule has 6 heteroatoms. The number of pyridine rings is 1. The number of fused-ring (bicyclic) bond motifs is 1. The van der Waals surface area contributed by atoms with Crippen molar-refractivity contribution >= 4 is 34.3 Å². The fraction of sp³-hybridized carbons (Fsp3) is 0.133. The molecule has 0 saturated carbocycles. The van der Waals surface area contributed by atoms with E-state index in [2.05, 4.69) is 20.3 Å². The van der Waals surface area contributed by atoms with Crippen molar-refractivity contribution in [1.29, 1.82) is 0 Å². The Morgan fingerprint density at radius 2 is 1.95 bits per heavy atom. The van der Waals surface area contributed by atoms with Crippen molar-refractivity contribution in [3.63, 3.8) is 0 Å². The molecule has 0 saturated heterocycles. The van der Waals surface area contributed by atoms with Crippen LogP contribution in [0.15, 0.2) is 30.5 Å². The standard InChI is InChI=1S/C15H14ClN5/c1-8-11(12-6-10(17)3-4-13(12)16)5-9-7-19-15(18-2)21-14(9)20-8/h3-7H,17H2,1-2H3,(H,18,19,20,21). The van der Waals surface area contributed by atoms with Gasteiger partial charge in [-0.2, -0.15) is 4.98 Å². The quantitative estimate of drug-likeness (QED) is 0.710. The summed E-state index contributed by atoms with van der Waals surface area (Å²) in [5.74, 6) is 0.545. The summed E-state index contributed by atoms with van der Waals surface area (Å²) in [5, 5.41) is 4.40. The van der Waals surface area contributed by atoms with Gasteiger partial charge in [0, 0.05) is 46.2 Å². The molecule has 3 rings (SSSR count). The first-order valence-corrected chi connectivity index (χ1v) is 6.84. The number of benzene rings is 1. The van der Waals surface area contributed by atoms with Gasteiger partial charge in [0.05, 0.1) is 0 Å². The third kappa shape index (κ3) is 2.48. The Morgan fingerprint density at radius 1 is 1.14 bits per heavy atom. The second-order valence-corrected chi connectivity index (χ2v) is 5.12. The lowest BCUT2D eigenvalue weighted by Crippen LogP contribution is -1.99. The van der Waals surface area contributed by atoms with Gasteiger partial charge in [-0.05, 0) is 31.2 Å². The summed E-state index contributed by atoms with van der Waals surface area (Å²) in [5.41, 5.74) is 9.80. The van der Waals surface area contributed by atoms with E-state index in [0.717, 1.165) is 22.2 Å². The minimum absolute atomic E-state index is 0.545. The Labute approximate surface area is 127 Å². The van der Waals surface area contributed by atoms with Gasteiger partial charge in [-0.25, -0.2) is 9.97 Å². The molecule has 0 aliphatic rings. The van der Waals surface area contributed by atoms with Gasteiger partial charge in [0.2, 0.25) is 5.95 Å². The van der Waals surface area contributed by atoms with Crippen molar-refractivity contribution in [1.82, 2.24) is 15.0 Å². The van der Waals surface area contributed by atoms with Gasteiger partial charge in [0.25, 0.3) is 0 Å². The van der Waals surface area contributed by atoms with E-state index in [1.165, 1.54) is 0 Å². The number of hydrogen-bond acceptors (Lipinski definition) is 5. The van der Waals surface area contributed by atoms with Crippen molar-refractivity contribution in [2.45, 2.75) is 6.92 Å². The number of aryl methyl sites for hydroxylation is 1. The molecular weight excluding hydrogens is 286 g/mol. The molecule has 0 radical (unpaired) electrons. The highest BCUT2D eigenvalue weighted by Crippen LogP contribution is 2.32. The van der Waals surface area contributed by atoms with Crippen molar-refractivity contribution < 1.29 is 0 Å². The van der Waals surface area contributed by atoms with Crippen LogP contribution >= 0.6 is 11.6 Å². The lowest BCUT2D eigenvalue weighted by Gasteiger charge is -2.10. The average Bonchev–Trinajstić information content (AvgIpc) is 2.48. The Balaban J connectivity index is 2.24. The highest BCUT2D eigenvalue weighted by Gasteiger charge is 2.11. The van der Waals surface area contributed by atoms with E-state index in [4.69, 9.17) is 17.3 Å². The summed E-state index contributed by atoms with van der Waals surface area (Å²) in [6.45, 7) is 1.93. The lowest BCUT2D eigenvalue weighted by atomic mass is 10.0. The van der Waals surface area contributed by atoms with Gasteiger partial charge in [-0.3, -0.25) is 0 Å². The number of anilines is 2. The number of rotatable bonds is 2. The molecule has 0 aliphatic carbocycles. The molecule has 2 heterocycles. The summed E-state index contributed by atoms with van der Waals surface area (Å²) < 4.78 is 0. The topological polar surface area (TPSA) is 76.7 Å². The highest BCUT2D eigenvalue weighted by molar-refractivity contribution is 6.33. The molecule has 21 heavy (non-hydrogen) atoms. The first-order chi connectivity index (χ1) is 10.1. The second kappa shape index (κ2) is 5.18. The van der Waals surface area contributed by atoms with Crippen LogP contribution < -0.4 is 11.1 Å². The summed E-state index contributed by atoms with van der Waals surface area (Å²) in [6, 6.07) is 7.40. The van der Waals surface area contributed by atoms with E-state index in [9.17, 15) is 0 Å². The van der Waals surface area contributed by atoms with Crippen LogP contribution in [0.1, 0.15) is 5.69 Å². The van der Waals surface area contributed by atoms with Crippen molar-refractivity contribution in [2.24, 2.45) is 0 Å². The second-order valence-electron chi connectivity index (χ2n) is 4.72. The molecule has 0 amide bonds. The summed E-state index contributed by atoms with van der Waals surface area (Å²) in [7, 11) is 1.77. The largest absolute Gasteiger partial charge is 0.399 e. The number of nitrogens with zero attached hydrogens (tertiary/aromatic N) is 3. The molecule has 0 fully saturated rings. The van der Waals surface area contributed by atoms with Gasteiger partial charge in [-0.1, -0.05) is 11.6 Å². The summed E-state index contributed by atoms with van der Waals surface area (Å²) >= 11 is 6.28. The smallest absolute Gasteiger partial charge is 0.224 e. The van der Waals surface area contributed by atoms with Crippen LogP contribution in [0, 0.1) is 6.92 Å². The molecule has 3 aromatic rings. The normalized spacial score (nSPS) is 10.8. The van der Waals surface area contributed by atoms with Crippen LogP contribution in [-0.4, -0.2) is 22.0 Å². The first-order valence-electron chi connectivity index (χ1n) is 6.46. The Hall–Kier alpha value is -2.40. The molecule has 0 atom stereocenters. The molecule has 3 N–H and O–H groups in total. The number of nitrogens with two attached hydrogens (primary N) is 1. The maximum Gasteiger partial charge on any atom is 0.224 e. The lowest BCUT2D eigenvalue weighted by molar-refractivity contribution is 1.14. The summed E-state index contributed by atoms with van der Waals surface area (Å²) in [4.78, 5) is 13.1. The van der Waals surface area contributed by atoms with Crippen LogP contribution in [0.3, 0.4) is 0 Å². The molecule has 1 aromatic carbocycles. The van der Waals surface area contributed by atoms with Crippen molar-refractivity contribution in [3.8, 4) is 11.1 Å². The molecule has 0 bridgehead atoms. The number of hydrogen-bond donors (Lipinski definition) is 2. The van der Waals surface area contributed by atoms with E-state index < -0.39 is 0 Å². The predicted molar refractivity (Wildman–Crippen MR) is 86.5 cm³/mol. The van der Waals surface area contributed by atoms with Gasteiger partial charge < -0.3 is 11.1 Å². The van der Waals surface area contributed by atoms with E-state index in [1.54, 1.807) is 25.4 Å². The molecule has 2 aromatic heterocycles. The van der Waals surface area contributed by atoms with Crippen LogP contribution in [0.2, 0.25) is 5.02 Å². The van der Waals surface area contributed by atoms with Gasteiger partial charge in [0.1, 0.15) is 0 Å². The molecule has 0 unspecified atom stereocenters. The highest BCUT2D eigenvalue weighted by atomic mass is 35.5. The minimum atomic E-state index is 0.545. The maximum absolute atomic E-state index is 6.28. The average molecular weight is 300 g/mol.